The quantitative estimate of drug-likeness (QED) is 0.591. The molecule has 4 aromatic rings. The van der Waals surface area contributed by atoms with Gasteiger partial charge in [-0.3, -0.25) is 10.1 Å². The lowest BCUT2D eigenvalue weighted by molar-refractivity contribution is 0.957. The number of fused-ring (bicyclic) bond motifs is 1. The second-order valence-corrected chi connectivity index (χ2v) is 4.34. The van der Waals surface area contributed by atoms with Crippen molar-refractivity contribution in [1.29, 1.82) is 0 Å². The largest absolute Gasteiger partial charge is 0.336 e. The maximum atomic E-state index is 4.43. The highest BCUT2D eigenvalue weighted by molar-refractivity contribution is 5.72. The Morgan fingerprint density at radius 3 is 2.95 bits per heavy atom. The molecule has 4 heterocycles. The first kappa shape index (κ1) is 11.5. The summed E-state index contributed by atoms with van der Waals surface area (Å²) in [6.45, 7) is 0. The fourth-order valence-electron chi connectivity index (χ4n) is 2.07. The molecule has 0 radical (unpaired) electrons. The van der Waals surface area contributed by atoms with Crippen LogP contribution in [-0.4, -0.2) is 34.8 Å². The summed E-state index contributed by atoms with van der Waals surface area (Å²) in [4.78, 5) is 12.7. The van der Waals surface area contributed by atoms with Crippen molar-refractivity contribution >= 4 is 17.2 Å². The molecule has 0 aliphatic heterocycles. The summed E-state index contributed by atoms with van der Waals surface area (Å²) >= 11 is 0. The van der Waals surface area contributed by atoms with Crippen LogP contribution in [0.15, 0.2) is 49.4 Å². The maximum absolute atomic E-state index is 4.43. The first-order chi connectivity index (χ1) is 10.4. The second kappa shape index (κ2) is 4.67. The van der Waals surface area contributed by atoms with Gasteiger partial charge >= 0.3 is 0 Å². The molecular weight excluding hydrogens is 268 g/mol. The van der Waals surface area contributed by atoms with Crippen LogP contribution in [-0.2, 0) is 0 Å². The number of aromatic amines is 1. The zero-order chi connectivity index (χ0) is 14.1. The molecule has 4 rings (SSSR count). The van der Waals surface area contributed by atoms with Crippen molar-refractivity contribution in [2.24, 2.45) is 0 Å². The number of anilines is 2. The lowest BCUT2D eigenvalue weighted by Crippen LogP contribution is -2.01. The normalized spacial score (nSPS) is 10.9. The topological polar surface area (TPSA) is 96.7 Å². The first-order valence-corrected chi connectivity index (χ1v) is 6.27. The third-order valence-electron chi connectivity index (χ3n) is 3.02. The number of hydrogen-bond acceptors (Lipinski definition) is 6. The summed E-state index contributed by atoms with van der Waals surface area (Å²) in [5.74, 6) is 0.618. The van der Waals surface area contributed by atoms with Gasteiger partial charge < -0.3 is 5.32 Å². The summed E-state index contributed by atoms with van der Waals surface area (Å²) in [5.41, 5.74) is 3.18. The van der Waals surface area contributed by atoms with Crippen LogP contribution in [0.1, 0.15) is 0 Å². The van der Waals surface area contributed by atoms with Gasteiger partial charge in [0.05, 0.1) is 30.0 Å². The predicted molar refractivity (Wildman–Crippen MR) is 75.9 cm³/mol. The van der Waals surface area contributed by atoms with Crippen molar-refractivity contribution in [3.8, 4) is 11.3 Å². The zero-order valence-electron chi connectivity index (χ0n) is 10.8. The number of aromatic nitrogens is 7. The molecule has 0 amide bonds. The summed E-state index contributed by atoms with van der Waals surface area (Å²) in [6, 6.07) is 3.76. The Morgan fingerprint density at radius 2 is 2.14 bits per heavy atom. The van der Waals surface area contributed by atoms with Gasteiger partial charge in [-0.05, 0) is 12.1 Å². The van der Waals surface area contributed by atoms with E-state index >= 15 is 0 Å². The molecule has 0 saturated heterocycles. The predicted octanol–water partition coefficient (Wildman–Crippen LogP) is 1.65. The Hall–Kier alpha value is -3.29. The molecule has 21 heavy (non-hydrogen) atoms. The van der Waals surface area contributed by atoms with Crippen molar-refractivity contribution in [1.82, 2.24) is 34.8 Å². The van der Waals surface area contributed by atoms with Gasteiger partial charge in [-0.1, -0.05) is 0 Å². The van der Waals surface area contributed by atoms with E-state index in [1.54, 1.807) is 35.5 Å². The van der Waals surface area contributed by atoms with E-state index in [4.69, 9.17) is 0 Å². The SMILES string of the molecule is c1cncc(Nc2ncc(-c3cn[nH]c3)n3ncnc23)c1. The number of pyridine rings is 1. The average molecular weight is 278 g/mol. The molecule has 8 nitrogen and oxygen atoms in total. The molecule has 102 valence electrons. The van der Waals surface area contributed by atoms with Gasteiger partial charge in [0.15, 0.2) is 11.5 Å². The standard InChI is InChI=1S/C13H10N8/c1-2-10(6-14-3-1)20-12-13-16-8-19-21(13)11(7-15-12)9-4-17-18-5-9/h1-8H,(H,15,20)(H,17,18). The van der Waals surface area contributed by atoms with Crippen LogP contribution in [0.2, 0.25) is 0 Å². The Balaban J connectivity index is 1.82. The number of nitrogens with zero attached hydrogens (tertiary/aromatic N) is 6. The fraction of sp³-hybridized carbons (Fsp3) is 0. The molecule has 0 aliphatic carbocycles. The highest BCUT2D eigenvalue weighted by atomic mass is 15.3. The molecule has 0 aliphatic rings. The molecular formula is C13H10N8. The molecule has 0 atom stereocenters. The van der Waals surface area contributed by atoms with Gasteiger partial charge in [0.2, 0.25) is 0 Å². The Morgan fingerprint density at radius 1 is 1.14 bits per heavy atom. The zero-order valence-corrected chi connectivity index (χ0v) is 10.8. The Kier molecular flexibility index (Phi) is 2.57. The number of nitrogens with one attached hydrogen (secondary N) is 2. The monoisotopic (exact) mass is 278 g/mol. The summed E-state index contributed by atoms with van der Waals surface area (Å²) < 4.78 is 1.72. The van der Waals surface area contributed by atoms with E-state index in [0.29, 0.717) is 11.5 Å². The van der Waals surface area contributed by atoms with Gasteiger partial charge in [0, 0.05) is 18.0 Å². The van der Waals surface area contributed by atoms with Gasteiger partial charge in [-0.25, -0.2) is 14.5 Å². The van der Waals surface area contributed by atoms with E-state index < -0.39 is 0 Å². The number of H-pyrrole nitrogens is 1. The molecule has 8 heteroatoms. The van der Waals surface area contributed by atoms with Crippen molar-refractivity contribution in [2.75, 3.05) is 5.32 Å². The van der Waals surface area contributed by atoms with Crippen molar-refractivity contribution < 1.29 is 0 Å². The van der Waals surface area contributed by atoms with Crippen LogP contribution in [0.3, 0.4) is 0 Å². The number of rotatable bonds is 3. The smallest absolute Gasteiger partial charge is 0.199 e. The van der Waals surface area contributed by atoms with E-state index in [-0.39, 0.29) is 0 Å². The molecule has 0 fully saturated rings. The summed E-state index contributed by atoms with van der Waals surface area (Å²) in [7, 11) is 0. The van der Waals surface area contributed by atoms with E-state index in [9.17, 15) is 0 Å². The van der Waals surface area contributed by atoms with Crippen molar-refractivity contribution in [3.05, 3.63) is 49.4 Å². The average Bonchev–Trinajstić information content (AvgIpc) is 3.20. The van der Waals surface area contributed by atoms with E-state index in [2.05, 4.69) is 35.6 Å². The van der Waals surface area contributed by atoms with E-state index in [0.717, 1.165) is 16.9 Å². The van der Waals surface area contributed by atoms with Crippen LogP contribution < -0.4 is 5.32 Å². The lowest BCUT2D eigenvalue weighted by atomic mass is 10.3. The Bertz CT molecular complexity index is 866. The summed E-state index contributed by atoms with van der Waals surface area (Å²) in [5, 5.41) is 14.1. The van der Waals surface area contributed by atoms with Gasteiger partial charge in [0.1, 0.15) is 6.33 Å². The van der Waals surface area contributed by atoms with Crippen molar-refractivity contribution in [2.45, 2.75) is 0 Å². The Labute approximate surface area is 118 Å². The summed E-state index contributed by atoms with van der Waals surface area (Å²) in [6.07, 6.45) is 10.2. The van der Waals surface area contributed by atoms with E-state index in [1.807, 2.05) is 12.1 Å². The van der Waals surface area contributed by atoms with Crippen LogP contribution in [0, 0.1) is 0 Å². The minimum atomic E-state index is 0.618. The van der Waals surface area contributed by atoms with Crippen LogP contribution in [0.4, 0.5) is 11.5 Å². The maximum Gasteiger partial charge on any atom is 0.199 e. The minimum Gasteiger partial charge on any atom is -0.336 e. The second-order valence-electron chi connectivity index (χ2n) is 4.34. The molecule has 0 bridgehead atoms. The van der Waals surface area contributed by atoms with Gasteiger partial charge in [-0.2, -0.15) is 10.2 Å². The van der Waals surface area contributed by atoms with Gasteiger partial charge in [0.25, 0.3) is 0 Å². The molecule has 0 aromatic carbocycles. The highest BCUT2D eigenvalue weighted by Crippen LogP contribution is 2.23. The molecule has 0 spiro atoms. The first-order valence-electron chi connectivity index (χ1n) is 6.27. The third kappa shape index (κ3) is 1.98. The highest BCUT2D eigenvalue weighted by Gasteiger charge is 2.12. The van der Waals surface area contributed by atoms with Crippen molar-refractivity contribution in [3.63, 3.8) is 0 Å². The van der Waals surface area contributed by atoms with Crippen LogP contribution >= 0.6 is 0 Å². The fourth-order valence-corrected chi connectivity index (χ4v) is 2.07. The molecule has 0 unspecified atom stereocenters. The van der Waals surface area contributed by atoms with E-state index in [1.165, 1.54) is 6.33 Å². The molecule has 2 N–H and O–H groups in total. The lowest BCUT2D eigenvalue weighted by Gasteiger charge is -2.07. The van der Waals surface area contributed by atoms with Crippen LogP contribution in [0.25, 0.3) is 16.9 Å². The minimum absolute atomic E-state index is 0.618. The van der Waals surface area contributed by atoms with Crippen LogP contribution in [0.5, 0.6) is 0 Å². The van der Waals surface area contributed by atoms with Gasteiger partial charge in [-0.15, -0.1) is 0 Å². The number of hydrogen-bond donors (Lipinski definition) is 2. The third-order valence-corrected chi connectivity index (χ3v) is 3.02. The molecule has 0 saturated carbocycles. The molecule has 4 aromatic heterocycles.